The van der Waals surface area contributed by atoms with Gasteiger partial charge in [0.2, 0.25) is 23.5 Å². The minimum Gasteiger partial charge on any atom is -0.494 e. The van der Waals surface area contributed by atoms with Gasteiger partial charge in [0, 0.05) is 79.5 Å². The lowest BCUT2D eigenvalue weighted by molar-refractivity contribution is -0.139. The number of nitrogens with one attached hydrogen (secondary N) is 4. The highest BCUT2D eigenvalue weighted by Gasteiger charge is 2.40. The summed E-state index contributed by atoms with van der Waals surface area (Å²) in [6, 6.07) is 10.3. The van der Waals surface area contributed by atoms with Crippen molar-refractivity contribution in [2.75, 3.05) is 51.7 Å². The van der Waals surface area contributed by atoms with E-state index in [4.69, 9.17) is 14.7 Å². The number of carbonyl (C=O) groups is 5. The van der Waals surface area contributed by atoms with Gasteiger partial charge in [-0.05, 0) is 102 Å². The number of ether oxygens (including phenoxy) is 1. The average Bonchev–Trinajstić information content (AvgIpc) is 3.94. The first-order chi connectivity index (χ1) is 37.0. The molecule has 2 aromatic carbocycles. The van der Waals surface area contributed by atoms with Gasteiger partial charge in [-0.25, -0.2) is 19.3 Å². The Morgan fingerprint density at radius 3 is 2.43 bits per heavy atom. The molecular formula is C56H67FN12O6S. The summed E-state index contributed by atoms with van der Waals surface area (Å²) in [5.41, 5.74) is 4.37. The first-order valence-corrected chi connectivity index (χ1v) is 27.9. The lowest BCUT2D eigenvalue weighted by Crippen LogP contribution is -2.55. The summed E-state index contributed by atoms with van der Waals surface area (Å²) in [6.07, 6.45) is 19.6. The van der Waals surface area contributed by atoms with Crippen LogP contribution in [0, 0.1) is 11.7 Å². The number of benzene rings is 2. The number of unbranched alkanes of at least 4 members (excludes halogenated alkanes) is 3. The Labute approximate surface area is 445 Å². The van der Waals surface area contributed by atoms with Crippen molar-refractivity contribution in [1.82, 2.24) is 54.9 Å². The second kappa shape index (κ2) is 23.9. The monoisotopic (exact) mass is 1050 g/mol. The summed E-state index contributed by atoms with van der Waals surface area (Å²) >= 11 is 1.39. The lowest BCUT2D eigenvalue weighted by atomic mass is 9.83. The van der Waals surface area contributed by atoms with Crippen LogP contribution in [0.3, 0.4) is 0 Å². The van der Waals surface area contributed by atoms with Gasteiger partial charge in [0.05, 0.1) is 48.2 Å². The predicted octanol–water partition coefficient (Wildman–Crippen LogP) is 8.22. The number of H-pyrrole nitrogens is 1. The Morgan fingerprint density at radius 1 is 0.868 bits per heavy atom. The van der Waals surface area contributed by atoms with Crippen molar-refractivity contribution in [3.05, 3.63) is 106 Å². The minimum absolute atomic E-state index is 0.0548. The Balaban J connectivity index is 0.641. The molecule has 6 aromatic rings. The maximum absolute atomic E-state index is 15.7. The Kier molecular flexibility index (Phi) is 16.5. The molecule has 0 spiro atoms. The number of imidazole rings is 1. The molecule has 400 valence electrons. The standard InChI is InChI=1S/C56H67FN12O6S/c1-35(58-2)53(72)65-49(37-12-6-5-7-13-37)56(74)68-22-11-16-46(68)54-64-45(34-76-54)50(71)38-14-10-15-41(28-38)75-27-9-4-3-8-17-48(70)66-23-25-67(26-24-66)55(73)39-20-21-43(42(57)29-39)62-51-52-59-32-47(40-30-60-61-31-40)69(52)33-44(63-51)36-18-19-36/h10,14-15,20-21,28-37,46,49,58H,3-9,11-13,16-19,22-27H2,1-2H3,(H,60,61)(H,62,63)(H,65,72)/t35-,46-,49-/m0/s1. The Hall–Kier alpha value is -7.06. The fourth-order valence-electron chi connectivity index (χ4n) is 10.7. The molecule has 4 N–H and O–H groups in total. The Bertz CT molecular complexity index is 3030. The number of likely N-dealkylation sites (tertiary alicyclic amines) is 1. The summed E-state index contributed by atoms with van der Waals surface area (Å²) < 4.78 is 23.7. The number of likely N-dealkylation sites (N-methyl/N-ethyl adjacent to an activating group) is 1. The van der Waals surface area contributed by atoms with Crippen molar-refractivity contribution in [1.29, 1.82) is 0 Å². The van der Waals surface area contributed by atoms with Gasteiger partial charge >= 0.3 is 0 Å². The molecule has 0 radical (unpaired) electrons. The fraction of sp³-hybridized carbons (Fsp3) is 0.482. The first kappa shape index (κ1) is 52.4. The zero-order valence-corrected chi connectivity index (χ0v) is 44.1. The number of nitrogens with zero attached hydrogens (tertiary/aromatic N) is 8. The smallest absolute Gasteiger partial charge is 0.254 e. The largest absolute Gasteiger partial charge is 0.494 e. The highest BCUT2D eigenvalue weighted by Crippen LogP contribution is 2.41. The zero-order valence-electron chi connectivity index (χ0n) is 43.3. The normalized spacial score (nSPS) is 17.9. The molecule has 2 aliphatic carbocycles. The van der Waals surface area contributed by atoms with E-state index < -0.39 is 17.9 Å². The number of carbonyl (C=O) groups excluding carboxylic acids is 5. The number of aromatic amines is 1. The number of ketones is 1. The van der Waals surface area contributed by atoms with E-state index in [0.717, 1.165) is 105 Å². The lowest BCUT2D eigenvalue weighted by Gasteiger charge is -2.35. The summed E-state index contributed by atoms with van der Waals surface area (Å²) in [6.45, 7) is 4.38. The predicted molar refractivity (Wildman–Crippen MR) is 286 cm³/mol. The van der Waals surface area contributed by atoms with E-state index in [9.17, 15) is 24.0 Å². The minimum atomic E-state index is -0.589. The third kappa shape index (κ3) is 12.0. The molecule has 4 fully saturated rings. The molecule has 76 heavy (non-hydrogen) atoms. The molecule has 4 amide bonds. The van der Waals surface area contributed by atoms with Crippen molar-refractivity contribution >= 4 is 57.9 Å². The number of fused-ring (bicyclic) bond motifs is 1. The molecular weight excluding hydrogens is 988 g/mol. The molecule has 2 aliphatic heterocycles. The number of piperazine rings is 1. The number of halogens is 1. The van der Waals surface area contributed by atoms with Crippen LogP contribution in [0.15, 0.2) is 72.6 Å². The van der Waals surface area contributed by atoms with Gasteiger partial charge in [-0.15, -0.1) is 11.3 Å². The molecule has 18 nitrogen and oxygen atoms in total. The number of anilines is 2. The maximum Gasteiger partial charge on any atom is 0.254 e. The van der Waals surface area contributed by atoms with E-state index in [2.05, 4.69) is 31.1 Å². The van der Waals surface area contributed by atoms with Crippen LogP contribution in [-0.2, 0) is 14.4 Å². The van der Waals surface area contributed by atoms with Crippen molar-refractivity contribution in [2.45, 2.75) is 121 Å². The van der Waals surface area contributed by atoms with Crippen LogP contribution in [0.5, 0.6) is 5.75 Å². The van der Waals surface area contributed by atoms with Crippen molar-refractivity contribution in [2.24, 2.45) is 5.92 Å². The molecule has 4 aliphatic rings. The SMILES string of the molecule is CN[C@@H](C)C(=O)N[C@H](C(=O)N1CCC[C@H]1c1nc(C(=O)c2cccc(OCCCCCCC(=O)N3CCN(C(=O)c4ccc(Nc5nc(C6CC6)cn6c(-c7cn[nH]c7)cnc56)c(F)c4)CC3)c2)cs1)C1CCCCC1. The van der Waals surface area contributed by atoms with Crippen LogP contribution in [-0.4, -0.2) is 132 Å². The number of thiazole rings is 1. The molecule has 3 atom stereocenters. The third-order valence-corrected chi connectivity index (χ3v) is 16.4. The maximum atomic E-state index is 15.7. The number of amides is 4. The molecule has 4 aromatic heterocycles. The van der Waals surface area contributed by atoms with E-state index >= 15 is 4.39 Å². The van der Waals surface area contributed by atoms with Gasteiger partial charge in [-0.3, -0.25) is 33.5 Å². The van der Waals surface area contributed by atoms with Gasteiger partial charge in [-0.1, -0.05) is 44.2 Å². The van der Waals surface area contributed by atoms with Crippen molar-refractivity contribution < 1.29 is 33.1 Å². The van der Waals surface area contributed by atoms with Crippen LogP contribution in [0.2, 0.25) is 0 Å². The Morgan fingerprint density at radius 2 is 1.67 bits per heavy atom. The number of rotatable bonds is 21. The zero-order chi connectivity index (χ0) is 52.7. The molecule has 6 heterocycles. The highest BCUT2D eigenvalue weighted by atomic mass is 32.1. The number of aromatic nitrogens is 6. The van der Waals surface area contributed by atoms with Crippen LogP contribution in [0.1, 0.15) is 146 Å². The van der Waals surface area contributed by atoms with E-state index in [1.54, 1.807) is 78.1 Å². The average molecular weight is 1060 g/mol. The first-order valence-electron chi connectivity index (χ1n) is 27.0. The van der Waals surface area contributed by atoms with E-state index in [1.807, 2.05) is 21.6 Å². The van der Waals surface area contributed by atoms with Crippen LogP contribution >= 0.6 is 11.3 Å². The molecule has 20 heteroatoms. The second-order valence-electron chi connectivity index (χ2n) is 20.6. The van der Waals surface area contributed by atoms with Gasteiger partial charge in [0.1, 0.15) is 28.3 Å². The number of hydrogen-bond donors (Lipinski definition) is 4. The second-order valence-corrected chi connectivity index (χ2v) is 21.5. The summed E-state index contributed by atoms with van der Waals surface area (Å²) in [7, 11) is 1.73. The van der Waals surface area contributed by atoms with Gasteiger partial charge in [0.25, 0.3) is 5.91 Å². The van der Waals surface area contributed by atoms with Crippen molar-refractivity contribution in [3.63, 3.8) is 0 Å². The van der Waals surface area contributed by atoms with E-state index in [1.165, 1.54) is 17.4 Å². The molecule has 2 saturated carbocycles. The third-order valence-electron chi connectivity index (χ3n) is 15.4. The fourth-order valence-corrected chi connectivity index (χ4v) is 11.7. The topological polar surface area (TPSA) is 212 Å². The van der Waals surface area contributed by atoms with E-state index in [-0.39, 0.29) is 52.6 Å². The van der Waals surface area contributed by atoms with E-state index in [0.29, 0.717) is 80.1 Å². The quantitative estimate of drug-likeness (QED) is 0.0397. The van der Waals surface area contributed by atoms with Crippen molar-refractivity contribution in [3.8, 4) is 17.0 Å². The molecule has 10 rings (SSSR count). The van der Waals surface area contributed by atoms with Gasteiger partial charge < -0.3 is 35.4 Å². The summed E-state index contributed by atoms with van der Waals surface area (Å²) in [5.74, 6) is 0.166. The summed E-state index contributed by atoms with van der Waals surface area (Å²) in [5, 5.41) is 18.6. The molecule has 0 unspecified atom stereocenters. The summed E-state index contributed by atoms with van der Waals surface area (Å²) in [4.78, 5) is 87.2. The van der Waals surface area contributed by atoms with Crippen LogP contribution in [0.25, 0.3) is 16.9 Å². The highest BCUT2D eigenvalue weighted by molar-refractivity contribution is 7.10. The molecule has 0 bridgehead atoms. The van der Waals surface area contributed by atoms with Gasteiger partial charge in [-0.2, -0.15) is 5.10 Å². The molecule has 2 saturated heterocycles. The van der Waals surface area contributed by atoms with Crippen LogP contribution in [0.4, 0.5) is 15.9 Å². The van der Waals surface area contributed by atoms with Crippen LogP contribution < -0.4 is 20.7 Å². The van der Waals surface area contributed by atoms with Gasteiger partial charge in [0.15, 0.2) is 11.5 Å². The number of hydrogen-bond acceptors (Lipinski definition) is 13.